The van der Waals surface area contributed by atoms with E-state index >= 15 is 0 Å². The minimum atomic E-state index is -1.26. The fourth-order valence-corrected chi connectivity index (χ4v) is 5.23. The predicted molar refractivity (Wildman–Crippen MR) is 141 cm³/mol. The Hall–Kier alpha value is -4.11. The van der Waals surface area contributed by atoms with Crippen molar-refractivity contribution in [2.75, 3.05) is 43.1 Å². The SMILES string of the molecule is COC1CCN(c2nc3ccc(-n4cc(C(=O)O)c(=O)cc4-c4ccc(N5CCCC5)cc4)cc3o2)C1. The van der Waals surface area contributed by atoms with Crippen LogP contribution >= 0.6 is 0 Å². The number of carboxylic acid groups (broad SMARTS) is 1. The average molecular weight is 501 g/mol. The van der Waals surface area contributed by atoms with E-state index in [2.05, 4.69) is 26.9 Å². The van der Waals surface area contributed by atoms with E-state index < -0.39 is 11.4 Å². The van der Waals surface area contributed by atoms with Crippen molar-refractivity contribution in [1.29, 1.82) is 0 Å². The summed E-state index contributed by atoms with van der Waals surface area (Å²) in [5.41, 5.74) is 3.70. The van der Waals surface area contributed by atoms with Gasteiger partial charge in [0.15, 0.2) is 11.0 Å². The number of methoxy groups -OCH3 is 1. The zero-order valence-electron chi connectivity index (χ0n) is 20.6. The number of hydrogen-bond acceptors (Lipinski definition) is 7. The van der Waals surface area contributed by atoms with Crippen molar-refractivity contribution in [2.45, 2.75) is 25.4 Å². The molecule has 9 heteroatoms. The smallest absolute Gasteiger partial charge is 0.341 e. The molecule has 1 atom stereocenters. The molecule has 6 rings (SSSR count). The molecular weight excluding hydrogens is 472 g/mol. The maximum Gasteiger partial charge on any atom is 0.341 e. The summed E-state index contributed by atoms with van der Waals surface area (Å²) in [6.07, 6.45) is 4.83. The number of carbonyl (C=O) groups is 1. The molecule has 37 heavy (non-hydrogen) atoms. The number of pyridine rings is 1. The van der Waals surface area contributed by atoms with Gasteiger partial charge in [-0.3, -0.25) is 4.79 Å². The lowest BCUT2D eigenvalue weighted by Gasteiger charge is -2.19. The van der Waals surface area contributed by atoms with Crippen molar-refractivity contribution >= 4 is 28.8 Å². The third kappa shape index (κ3) is 4.35. The molecule has 0 bridgehead atoms. The molecule has 4 aromatic rings. The molecule has 4 heterocycles. The number of carboxylic acids is 1. The largest absolute Gasteiger partial charge is 0.477 e. The third-order valence-corrected chi connectivity index (χ3v) is 7.30. The lowest BCUT2D eigenvalue weighted by atomic mass is 10.1. The van der Waals surface area contributed by atoms with Gasteiger partial charge in [0.1, 0.15) is 11.1 Å². The predicted octanol–water partition coefficient (Wildman–Crippen LogP) is 4.17. The van der Waals surface area contributed by atoms with Crippen LogP contribution in [0.3, 0.4) is 0 Å². The van der Waals surface area contributed by atoms with Gasteiger partial charge in [0.05, 0.1) is 11.8 Å². The molecule has 1 unspecified atom stereocenters. The number of benzene rings is 2. The van der Waals surface area contributed by atoms with Gasteiger partial charge in [-0.15, -0.1) is 0 Å². The molecule has 2 saturated heterocycles. The molecule has 1 N–H and O–H groups in total. The first-order chi connectivity index (χ1) is 18.0. The molecule has 0 aliphatic carbocycles. The van der Waals surface area contributed by atoms with Crippen molar-refractivity contribution < 1.29 is 19.1 Å². The van der Waals surface area contributed by atoms with E-state index in [1.54, 1.807) is 11.7 Å². The highest BCUT2D eigenvalue weighted by atomic mass is 16.5. The van der Waals surface area contributed by atoms with E-state index in [9.17, 15) is 14.7 Å². The molecule has 0 amide bonds. The summed E-state index contributed by atoms with van der Waals surface area (Å²) in [6.45, 7) is 3.60. The number of fused-ring (bicyclic) bond motifs is 1. The van der Waals surface area contributed by atoms with Gasteiger partial charge in [-0.25, -0.2) is 4.79 Å². The molecule has 2 aromatic carbocycles. The minimum Gasteiger partial charge on any atom is -0.477 e. The number of rotatable bonds is 6. The zero-order chi connectivity index (χ0) is 25.5. The molecular formula is C28H28N4O5. The number of ether oxygens (including phenoxy) is 1. The highest BCUT2D eigenvalue weighted by Gasteiger charge is 2.26. The first kappa shape index (κ1) is 23.3. The van der Waals surface area contributed by atoms with Crippen LogP contribution in [0.5, 0.6) is 0 Å². The van der Waals surface area contributed by atoms with Crippen LogP contribution in [0.1, 0.15) is 29.6 Å². The second-order valence-electron chi connectivity index (χ2n) is 9.59. The summed E-state index contributed by atoms with van der Waals surface area (Å²) in [7, 11) is 1.71. The van der Waals surface area contributed by atoms with Crippen LogP contribution in [0.15, 0.2) is 63.9 Å². The Labute approximate surface area is 213 Å². The monoisotopic (exact) mass is 500 g/mol. The van der Waals surface area contributed by atoms with Crippen molar-refractivity contribution in [3.63, 3.8) is 0 Å². The fourth-order valence-electron chi connectivity index (χ4n) is 5.23. The van der Waals surface area contributed by atoms with Crippen LogP contribution in [0.25, 0.3) is 28.0 Å². The highest BCUT2D eigenvalue weighted by molar-refractivity contribution is 5.88. The Morgan fingerprint density at radius 3 is 2.49 bits per heavy atom. The third-order valence-electron chi connectivity index (χ3n) is 7.30. The van der Waals surface area contributed by atoms with Crippen LogP contribution in [0, 0.1) is 0 Å². The molecule has 0 saturated carbocycles. The molecule has 0 spiro atoms. The van der Waals surface area contributed by atoms with Crippen LogP contribution in [-0.2, 0) is 4.74 Å². The number of anilines is 2. The van der Waals surface area contributed by atoms with E-state index in [1.807, 2.05) is 30.3 Å². The topological polar surface area (TPSA) is 101 Å². The average Bonchev–Trinajstić information content (AvgIpc) is 3.68. The fraction of sp³-hybridized carbons (Fsp3) is 0.321. The van der Waals surface area contributed by atoms with E-state index in [4.69, 9.17) is 9.15 Å². The summed E-state index contributed by atoms with van der Waals surface area (Å²) >= 11 is 0. The lowest BCUT2D eigenvalue weighted by Crippen LogP contribution is -2.22. The maximum atomic E-state index is 12.7. The van der Waals surface area contributed by atoms with Gasteiger partial charge >= 0.3 is 5.97 Å². The molecule has 2 aliphatic rings. The quantitative estimate of drug-likeness (QED) is 0.421. The van der Waals surface area contributed by atoms with Crippen LogP contribution < -0.4 is 15.2 Å². The van der Waals surface area contributed by atoms with Crippen molar-refractivity contribution in [3.8, 4) is 16.9 Å². The van der Waals surface area contributed by atoms with Crippen LogP contribution in [0.2, 0.25) is 0 Å². The first-order valence-corrected chi connectivity index (χ1v) is 12.5. The van der Waals surface area contributed by atoms with Gasteiger partial charge in [-0.05, 0) is 49.1 Å². The van der Waals surface area contributed by atoms with E-state index in [0.717, 1.165) is 43.9 Å². The molecule has 2 aliphatic heterocycles. The molecule has 2 aromatic heterocycles. The molecule has 9 nitrogen and oxygen atoms in total. The number of aromatic nitrogens is 2. The summed E-state index contributed by atoms with van der Waals surface area (Å²) in [5.74, 6) is -1.26. The van der Waals surface area contributed by atoms with Crippen molar-refractivity contribution in [1.82, 2.24) is 9.55 Å². The number of hydrogen-bond donors (Lipinski definition) is 1. The standard InChI is InChI=1S/C28H28N4O5/c1-36-21-10-13-31(16-21)28-29-23-9-8-20(14-26(23)37-28)32-17-22(27(34)35)25(33)15-24(32)18-4-6-19(7-5-18)30-11-2-3-12-30/h4-9,14-15,17,21H,2-3,10-13,16H2,1H3,(H,34,35). The highest BCUT2D eigenvalue weighted by Crippen LogP contribution is 2.30. The zero-order valence-corrected chi connectivity index (χ0v) is 20.6. The summed E-state index contributed by atoms with van der Waals surface area (Å²) < 4.78 is 13.3. The van der Waals surface area contributed by atoms with Crippen molar-refractivity contribution in [3.05, 3.63) is 70.5 Å². The lowest BCUT2D eigenvalue weighted by molar-refractivity contribution is 0.0695. The second kappa shape index (κ2) is 9.40. The second-order valence-corrected chi connectivity index (χ2v) is 9.59. The molecule has 0 radical (unpaired) electrons. The van der Waals surface area contributed by atoms with Gasteiger partial charge in [-0.1, -0.05) is 12.1 Å². The van der Waals surface area contributed by atoms with Gasteiger partial charge in [0.2, 0.25) is 0 Å². The number of aromatic carboxylic acids is 1. The van der Waals surface area contributed by atoms with E-state index in [1.165, 1.54) is 25.1 Å². The van der Waals surface area contributed by atoms with Gasteiger partial charge in [0.25, 0.3) is 6.01 Å². The van der Waals surface area contributed by atoms with Gasteiger partial charge in [-0.2, -0.15) is 4.98 Å². The van der Waals surface area contributed by atoms with Crippen LogP contribution in [-0.4, -0.2) is 60.0 Å². The van der Waals surface area contributed by atoms with Gasteiger partial charge in [0, 0.05) is 63.0 Å². The minimum absolute atomic E-state index is 0.153. The van der Waals surface area contributed by atoms with Gasteiger partial charge < -0.3 is 28.6 Å². The Balaban J connectivity index is 1.41. The maximum absolute atomic E-state index is 12.7. The summed E-state index contributed by atoms with van der Waals surface area (Å²) in [4.78, 5) is 33.5. The summed E-state index contributed by atoms with van der Waals surface area (Å²) in [6, 6.07) is 15.5. The molecule has 2 fully saturated rings. The Morgan fingerprint density at radius 2 is 1.78 bits per heavy atom. The normalized spacial score (nSPS) is 17.7. The van der Waals surface area contributed by atoms with E-state index in [-0.39, 0.29) is 11.7 Å². The summed E-state index contributed by atoms with van der Waals surface area (Å²) in [5, 5.41) is 9.63. The van der Waals surface area contributed by atoms with E-state index in [0.29, 0.717) is 28.5 Å². The van der Waals surface area contributed by atoms with Crippen molar-refractivity contribution in [2.24, 2.45) is 0 Å². The number of nitrogens with zero attached hydrogens (tertiary/aromatic N) is 4. The Bertz CT molecular complexity index is 1520. The first-order valence-electron chi connectivity index (χ1n) is 12.5. The van der Waals surface area contributed by atoms with Crippen LogP contribution in [0.4, 0.5) is 11.7 Å². The Kier molecular flexibility index (Phi) is 5.92. The number of oxazole rings is 1. The Morgan fingerprint density at radius 1 is 1.03 bits per heavy atom. The molecule has 190 valence electrons.